The summed E-state index contributed by atoms with van der Waals surface area (Å²) in [5.74, 6) is -0.0120. The van der Waals surface area contributed by atoms with Crippen molar-refractivity contribution in [3.63, 3.8) is 0 Å². The van der Waals surface area contributed by atoms with E-state index in [1.54, 1.807) is 8.61 Å². The first kappa shape index (κ1) is 35.7. The van der Waals surface area contributed by atoms with Crippen molar-refractivity contribution in [1.82, 2.24) is 9.62 Å². The maximum Gasteiger partial charge on any atom is 0.306 e. The Morgan fingerprint density at radius 1 is 0.833 bits per heavy atom. The predicted octanol–water partition coefficient (Wildman–Crippen LogP) is 7.54. The van der Waals surface area contributed by atoms with Gasteiger partial charge in [-0.05, 0) is 99.2 Å². The van der Waals surface area contributed by atoms with Gasteiger partial charge in [-0.1, -0.05) is 96.1 Å². The highest BCUT2D eigenvalue weighted by molar-refractivity contribution is 7.90. The van der Waals surface area contributed by atoms with E-state index in [-0.39, 0.29) is 18.4 Å². The van der Waals surface area contributed by atoms with Crippen molar-refractivity contribution in [2.24, 2.45) is 28.9 Å². The van der Waals surface area contributed by atoms with Crippen LogP contribution in [0.25, 0.3) is 0 Å². The smallest absolute Gasteiger partial charge is 0.306 e. The third kappa shape index (κ3) is 6.80. The minimum atomic E-state index is -4.06. The van der Waals surface area contributed by atoms with Crippen LogP contribution in [0.15, 0.2) is 18.2 Å². The van der Waals surface area contributed by atoms with Crippen molar-refractivity contribution in [2.45, 2.75) is 160 Å². The number of hydrogen-bond acceptors (Lipinski definition) is 4. The molecule has 5 aliphatic carbocycles. The molecule has 4 bridgehead atoms. The number of carbonyl (C=O) groups is 2. The molecule has 1 aromatic rings. The molecule has 1 aliphatic heterocycles. The summed E-state index contributed by atoms with van der Waals surface area (Å²) in [6.07, 6.45) is 23.7. The molecule has 5 fully saturated rings. The zero-order valence-electron chi connectivity index (χ0n) is 29.7. The molecule has 3 N–H and O–H groups in total. The molecule has 1 aromatic carbocycles. The number of unbranched alkanes of at least 4 members (excludes halogenated alkanes) is 12. The highest BCUT2D eigenvalue weighted by atomic mass is 32.2. The van der Waals surface area contributed by atoms with Gasteiger partial charge in [0.05, 0.1) is 11.1 Å². The predicted molar refractivity (Wildman–Crippen MR) is 192 cm³/mol. The third-order valence-corrected chi connectivity index (χ3v) is 14.8. The zero-order valence-corrected chi connectivity index (χ0v) is 30.5. The Bertz CT molecular complexity index is 1380. The van der Waals surface area contributed by atoms with Gasteiger partial charge in [0.25, 0.3) is 0 Å². The van der Waals surface area contributed by atoms with Crippen LogP contribution in [0.1, 0.15) is 153 Å². The van der Waals surface area contributed by atoms with E-state index in [0.717, 1.165) is 69.0 Å². The average molecular weight is 683 g/mol. The number of hydrogen-bond donors (Lipinski definition) is 2. The van der Waals surface area contributed by atoms with Gasteiger partial charge in [-0.2, -0.15) is 12.7 Å². The number of nitrogens with two attached hydrogens (primary N) is 1. The van der Waals surface area contributed by atoms with Crippen LogP contribution >= 0.6 is 0 Å². The molecule has 7 rings (SSSR count). The summed E-state index contributed by atoms with van der Waals surface area (Å²) in [5, 5.41) is 3.37. The van der Waals surface area contributed by atoms with Crippen molar-refractivity contribution < 1.29 is 18.0 Å². The fourth-order valence-corrected chi connectivity index (χ4v) is 13.0. The van der Waals surface area contributed by atoms with Crippen LogP contribution in [0.4, 0.5) is 5.69 Å². The second-order valence-corrected chi connectivity index (χ2v) is 17.8. The van der Waals surface area contributed by atoms with Crippen molar-refractivity contribution in [3.8, 4) is 0 Å². The Labute approximate surface area is 290 Å². The molecule has 0 radical (unpaired) electrons. The van der Waals surface area contributed by atoms with Crippen LogP contribution in [0.2, 0.25) is 0 Å². The van der Waals surface area contributed by atoms with E-state index in [9.17, 15) is 18.0 Å². The van der Waals surface area contributed by atoms with E-state index >= 15 is 0 Å². The third-order valence-electron chi connectivity index (χ3n) is 12.9. The van der Waals surface area contributed by atoms with Gasteiger partial charge < -0.3 is 11.1 Å². The zero-order chi connectivity index (χ0) is 33.8. The molecule has 8 nitrogen and oxygen atoms in total. The molecule has 48 heavy (non-hydrogen) atoms. The van der Waals surface area contributed by atoms with Crippen LogP contribution in [0.3, 0.4) is 0 Å². The SMILES string of the molecule is CCCCCCCCCCCCCCCC(=O)NC1(N2CCCN(c3cccc4c3CCC4)S2(=O)=O)C2CC3CC(C2)CC1(C(N)=O)C3. The monoisotopic (exact) mass is 682 g/mol. The second kappa shape index (κ2) is 15.4. The van der Waals surface area contributed by atoms with Gasteiger partial charge in [0, 0.05) is 19.5 Å². The lowest BCUT2D eigenvalue weighted by Crippen LogP contribution is -2.82. The average Bonchev–Trinajstić information content (AvgIpc) is 3.54. The molecular formula is C39H62N4O4S. The lowest BCUT2D eigenvalue weighted by Gasteiger charge is -2.68. The van der Waals surface area contributed by atoms with E-state index in [0.29, 0.717) is 44.1 Å². The van der Waals surface area contributed by atoms with Gasteiger partial charge in [-0.3, -0.25) is 13.9 Å². The van der Waals surface area contributed by atoms with Crippen LogP contribution in [-0.2, 0) is 32.6 Å². The molecule has 268 valence electrons. The molecule has 0 aromatic heterocycles. The minimum Gasteiger partial charge on any atom is -0.369 e. The van der Waals surface area contributed by atoms with Gasteiger partial charge in [-0.25, -0.2) is 0 Å². The summed E-state index contributed by atoms with van der Waals surface area (Å²) in [4.78, 5) is 27.7. The number of benzene rings is 1. The first-order valence-corrected chi connectivity index (χ1v) is 21.1. The molecule has 1 saturated heterocycles. The Morgan fingerprint density at radius 3 is 2.08 bits per heavy atom. The highest BCUT2D eigenvalue weighted by Crippen LogP contribution is 2.66. The molecule has 2 amide bonds. The number of nitrogens with one attached hydrogen (secondary N) is 1. The first-order valence-electron chi connectivity index (χ1n) is 19.7. The topological polar surface area (TPSA) is 113 Å². The minimum absolute atomic E-state index is 0.122. The lowest BCUT2D eigenvalue weighted by atomic mass is 9.44. The maximum atomic E-state index is 14.9. The standard InChI is InChI=1S/C39H62N4O4S/c1-2-3-4-5-6-7-8-9-10-11-12-13-14-22-36(44)41-39(33-26-30-25-31(27-33)29-38(39,28-30)37(40)45)43-24-17-23-42(48(43,46)47)35-21-16-19-32-18-15-20-34(32)35/h16,19,21,30-31,33H,2-15,17-18,20,22-29H2,1H3,(H2,40,45)(H,41,44). The quantitative estimate of drug-likeness (QED) is 0.156. The summed E-state index contributed by atoms with van der Waals surface area (Å²) in [7, 11) is -4.06. The molecule has 3 atom stereocenters. The summed E-state index contributed by atoms with van der Waals surface area (Å²) >= 11 is 0. The number of anilines is 1. The Balaban J connectivity index is 1.14. The van der Waals surface area contributed by atoms with E-state index in [1.165, 1.54) is 69.8 Å². The normalized spacial score (nSPS) is 30.4. The number of nitrogens with zero attached hydrogens (tertiary/aromatic N) is 2. The summed E-state index contributed by atoms with van der Waals surface area (Å²) < 4.78 is 33.0. The van der Waals surface area contributed by atoms with Crippen LogP contribution < -0.4 is 15.4 Å². The first-order chi connectivity index (χ1) is 23.2. The largest absolute Gasteiger partial charge is 0.369 e. The number of amides is 2. The number of rotatable bonds is 18. The van der Waals surface area contributed by atoms with E-state index < -0.39 is 27.2 Å². The second-order valence-electron chi connectivity index (χ2n) is 16.1. The summed E-state index contributed by atoms with van der Waals surface area (Å²) in [6.45, 7) is 2.95. The van der Waals surface area contributed by atoms with Crippen molar-refractivity contribution in [2.75, 3.05) is 17.4 Å². The van der Waals surface area contributed by atoms with Gasteiger partial charge in [0.2, 0.25) is 11.8 Å². The van der Waals surface area contributed by atoms with Crippen molar-refractivity contribution in [1.29, 1.82) is 0 Å². The summed E-state index contributed by atoms with van der Waals surface area (Å²) in [5.41, 5.74) is 7.05. The molecule has 9 heteroatoms. The summed E-state index contributed by atoms with van der Waals surface area (Å²) in [6, 6.07) is 6.01. The molecule has 6 aliphatic rings. The number of fused-ring (bicyclic) bond motifs is 1. The number of carbonyl (C=O) groups excluding carboxylic acids is 2. The molecule has 1 heterocycles. The van der Waals surface area contributed by atoms with E-state index in [4.69, 9.17) is 5.73 Å². The molecule has 4 saturated carbocycles. The number of aryl methyl sites for hydroxylation is 1. The maximum absolute atomic E-state index is 14.9. The molecular weight excluding hydrogens is 621 g/mol. The van der Waals surface area contributed by atoms with E-state index in [2.05, 4.69) is 18.3 Å². The van der Waals surface area contributed by atoms with E-state index in [1.807, 2.05) is 12.1 Å². The van der Waals surface area contributed by atoms with Gasteiger partial charge >= 0.3 is 10.2 Å². The highest BCUT2D eigenvalue weighted by Gasteiger charge is 2.73. The lowest BCUT2D eigenvalue weighted by molar-refractivity contribution is -0.195. The Kier molecular flexibility index (Phi) is 11.5. The Hall–Kier alpha value is -2.13. The van der Waals surface area contributed by atoms with Crippen LogP contribution in [0, 0.1) is 23.2 Å². The Morgan fingerprint density at radius 2 is 1.46 bits per heavy atom. The molecule has 0 spiro atoms. The van der Waals surface area contributed by atoms with Crippen LogP contribution in [0.5, 0.6) is 0 Å². The number of primary amides is 1. The van der Waals surface area contributed by atoms with Crippen LogP contribution in [-0.4, -0.2) is 43.3 Å². The van der Waals surface area contributed by atoms with Crippen molar-refractivity contribution >= 4 is 27.7 Å². The van der Waals surface area contributed by atoms with Gasteiger partial charge in [0.15, 0.2) is 0 Å². The fraction of sp³-hybridized carbons (Fsp3) is 0.795. The van der Waals surface area contributed by atoms with Crippen molar-refractivity contribution in [3.05, 3.63) is 29.3 Å². The van der Waals surface area contributed by atoms with Gasteiger partial charge in [0.1, 0.15) is 5.66 Å². The molecule has 3 unspecified atom stereocenters. The fourth-order valence-electron chi connectivity index (χ4n) is 10.8. The van der Waals surface area contributed by atoms with Gasteiger partial charge in [-0.15, -0.1) is 0 Å².